The Labute approximate surface area is 86.7 Å². The average Bonchev–Trinajstić information content (AvgIpc) is 2.44. The highest BCUT2D eigenvalue weighted by Crippen LogP contribution is 2.25. The van der Waals surface area contributed by atoms with E-state index in [-0.39, 0.29) is 0 Å². The molecule has 0 radical (unpaired) electrons. The Bertz CT molecular complexity index is 365. The van der Waals surface area contributed by atoms with E-state index in [9.17, 15) is 0 Å². The van der Waals surface area contributed by atoms with Crippen LogP contribution in [0.2, 0.25) is 5.15 Å². The molecule has 0 aliphatic carbocycles. The predicted octanol–water partition coefficient (Wildman–Crippen LogP) is 2.73. The second-order valence-corrected chi connectivity index (χ2v) is 5.06. The summed E-state index contributed by atoms with van der Waals surface area (Å²) >= 11 is 14.1. The van der Waals surface area contributed by atoms with Crippen LogP contribution >= 0.6 is 46.3 Å². The fourth-order valence-corrected chi connectivity index (χ4v) is 2.98. The first kappa shape index (κ1) is 8.62. The number of aromatic nitrogens is 3. The Morgan fingerprint density at radius 2 is 2.50 bits per heavy atom. The Kier molecular flexibility index (Phi) is 2.45. The fourth-order valence-electron chi connectivity index (χ4n) is 0.760. The van der Waals surface area contributed by atoms with Gasteiger partial charge in [0.05, 0.1) is 11.4 Å². The predicted molar refractivity (Wildman–Crippen MR) is 52.5 cm³/mol. The summed E-state index contributed by atoms with van der Waals surface area (Å²) in [5.74, 6) is 0. The third kappa shape index (κ3) is 1.54. The number of nitrogens with zero attached hydrogens (tertiary/aromatic N) is 3. The van der Waals surface area contributed by atoms with Gasteiger partial charge in [-0.05, 0) is 0 Å². The molecule has 0 N–H and O–H groups in total. The van der Waals surface area contributed by atoms with E-state index in [2.05, 4.69) is 10.1 Å². The van der Waals surface area contributed by atoms with E-state index in [1.54, 1.807) is 10.7 Å². The lowest BCUT2D eigenvalue weighted by Gasteiger charge is -1.83. The number of thioether (sulfide) groups is 1. The van der Waals surface area contributed by atoms with Crippen LogP contribution in [-0.2, 0) is 0 Å². The van der Waals surface area contributed by atoms with Gasteiger partial charge in [0.2, 0.25) is 4.96 Å². The number of halogens is 2. The first-order valence-electron chi connectivity index (χ1n) is 3.00. The molecule has 0 amide bonds. The van der Waals surface area contributed by atoms with Crippen molar-refractivity contribution in [2.45, 2.75) is 4.34 Å². The van der Waals surface area contributed by atoms with Crippen LogP contribution < -0.4 is 0 Å². The summed E-state index contributed by atoms with van der Waals surface area (Å²) in [6.45, 7) is 0. The lowest BCUT2D eigenvalue weighted by molar-refractivity contribution is 0.916. The highest BCUT2D eigenvalue weighted by atomic mass is 35.5. The second kappa shape index (κ2) is 3.41. The van der Waals surface area contributed by atoms with Gasteiger partial charge < -0.3 is 0 Å². The largest absolute Gasteiger partial charge is 0.214 e. The monoisotopic (exact) mass is 239 g/mol. The molecule has 0 fully saturated rings. The minimum atomic E-state index is 0.469. The minimum Gasteiger partial charge on any atom is -0.209 e. The van der Waals surface area contributed by atoms with Gasteiger partial charge in [-0.25, -0.2) is 9.50 Å². The Morgan fingerprint density at radius 3 is 3.17 bits per heavy atom. The van der Waals surface area contributed by atoms with Crippen LogP contribution in [0.5, 0.6) is 0 Å². The van der Waals surface area contributed by atoms with Crippen molar-refractivity contribution in [2.24, 2.45) is 0 Å². The summed E-state index contributed by atoms with van der Waals surface area (Å²) in [4.78, 5) is 4.84. The van der Waals surface area contributed by atoms with Gasteiger partial charge in [0.15, 0.2) is 9.49 Å². The zero-order chi connectivity index (χ0) is 8.55. The smallest absolute Gasteiger partial charge is 0.209 e. The molecule has 0 aliphatic heterocycles. The number of imidazole rings is 1. The molecule has 0 bridgehead atoms. The summed E-state index contributed by atoms with van der Waals surface area (Å²) in [5, 5.41) is 5.16. The van der Waals surface area contributed by atoms with Gasteiger partial charge in [0.25, 0.3) is 0 Å². The quantitative estimate of drug-likeness (QED) is 0.597. The molecule has 0 aromatic carbocycles. The van der Waals surface area contributed by atoms with Crippen LogP contribution in [0, 0.1) is 0 Å². The highest BCUT2D eigenvalue weighted by molar-refractivity contribution is 8.02. The van der Waals surface area contributed by atoms with Gasteiger partial charge in [-0.3, -0.25) is 0 Å². The van der Waals surface area contributed by atoms with Crippen LogP contribution in [0.1, 0.15) is 0 Å². The molecule has 0 saturated heterocycles. The molecule has 2 aromatic rings. The van der Waals surface area contributed by atoms with Crippen molar-refractivity contribution in [2.75, 3.05) is 5.21 Å². The van der Waals surface area contributed by atoms with Crippen molar-refractivity contribution in [3.05, 3.63) is 11.3 Å². The average molecular weight is 240 g/mol. The molecule has 2 heterocycles. The third-order valence-corrected chi connectivity index (χ3v) is 3.44. The molecule has 64 valence electrons. The summed E-state index contributed by atoms with van der Waals surface area (Å²) in [5.41, 5.74) is 0. The number of hydrogen-bond donors (Lipinski definition) is 0. The minimum absolute atomic E-state index is 0.469. The molecule has 2 rings (SSSR count). The zero-order valence-electron chi connectivity index (χ0n) is 5.70. The number of alkyl halides is 1. The van der Waals surface area contributed by atoms with E-state index < -0.39 is 0 Å². The highest BCUT2D eigenvalue weighted by Gasteiger charge is 2.06. The fraction of sp³-hybridized carbons (Fsp3) is 0.200. The van der Waals surface area contributed by atoms with E-state index in [0.717, 1.165) is 9.30 Å². The molecule has 0 saturated carbocycles. The molecule has 2 aromatic heterocycles. The molecule has 3 nitrogen and oxygen atoms in total. The van der Waals surface area contributed by atoms with Gasteiger partial charge in [-0.15, -0.1) is 16.7 Å². The summed E-state index contributed by atoms with van der Waals surface area (Å²) in [7, 11) is 0. The van der Waals surface area contributed by atoms with Crippen molar-refractivity contribution in [1.29, 1.82) is 0 Å². The van der Waals surface area contributed by atoms with Crippen LogP contribution in [0.15, 0.2) is 10.5 Å². The van der Waals surface area contributed by atoms with E-state index in [1.165, 1.54) is 23.1 Å². The van der Waals surface area contributed by atoms with E-state index in [0.29, 0.717) is 10.4 Å². The lowest BCUT2D eigenvalue weighted by atomic mass is 10.9. The van der Waals surface area contributed by atoms with Gasteiger partial charge in [-0.2, -0.15) is 0 Å². The van der Waals surface area contributed by atoms with Crippen molar-refractivity contribution < 1.29 is 0 Å². The van der Waals surface area contributed by atoms with Gasteiger partial charge in [0, 0.05) is 0 Å². The Morgan fingerprint density at radius 1 is 1.67 bits per heavy atom. The standard InChI is InChI=1S/C5H3Cl2N3S2/c6-2-11-5-9-10-1-3(7)8-4(10)12-5/h1H,2H2. The van der Waals surface area contributed by atoms with Crippen LogP contribution in [0.25, 0.3) is 4.96 Å². The van der Waals surface area contributed by atoms with Crippen LogP contribution in [0.4, 0.5) is 0 Å². The Hall–Kier alpha value is 0.0300. The summed E-state index contributed by atoms with van der Waals surface area (Å²) in [6.07, 6.45) is 1.67. The molecule has 0 atom stereocenters. The molecule has 0 spiro atoms. The Balaban J connectivity index is 2.43. The maximum atomic E-state index is 5.66. The van der Waals surface area contributed by atoms with E-state index in [4.69, 9.17) is 23.2 Å². The molecule has 12 heavy (non-hydrogen) atoms. The first-order chi connectivity index (χ1) is 5.79. The zero-order valence-corrected chi connectivity index (χ0v) is 8.84. The van der Waals surface area contributed by atoms with E-state index >= 15 is 0 Å². The van der Waals surface area contributed by atoms with Gasteiger partial charge in [0.1, 0.15) is 0 Å². The molecular weight excluding hydrogens is 237 g/mol. The van der Waals surface area contributed by atoms with Gasteiger partial charge in [-0.1, -0.05) is 34.7 Å². The molecular formula is C5H3Cl2N3S2. The van der Waals surface area contributed by atoms with Crippen molar-refractivity contribution >= 4 is 51.3 Å². The summed E-state index contributed by atoms with van der Waals surface area (Å²) < 4.78 is 2.56. The maximum absolute atomic E-state index is 5.66. The van der Waals surface area contributed by atoms with Crippen molar-refractivity contribution in [3.8, 4) is 0 Å². The maximum Gasteiger partial charge on any atom is 0.214 e. The van der Waals surface area contributed by atoms with Crippen LogP contribution in [0.3, 0.4) is 0 Å². The van der Waals surface area contributed by atoms with Crippen molar-refractivity contribution in [1.82, 2.24) is 14.6 Å². The molecule has 0 aliphatic rings. The van der Waals surface area contributed by atoms with Gasteiger partial charge >= 0.3 is 0 Å². The van der Waals surface area contributed by atoms with E-state index in [1.807, 2.05) is 0 Å². The lowest BCUT2D eigenvalue weighted by Crippen LogP contribution is -1.79. The van der Waals surface area contributed by atoms with Crippen molar-refractivity contribution in [3.63, 3.8) is 0 Å². The second-order valence-electron chi connectivity index (χ2n) is 1.91. The normalized spacial score (nSPS) is 11.2. The SMILES string of the molecule is ClCSc1nn2cc(Cl)nc2s1. The number of rotatable bonds is 2. The molecule has 0 unspecified atom stereocenters. The summed E-state index contributed by atoms with van der Waals surface area (Å²) in [6, 6.07) is 0. The number of hydrogen-bond acceptors (Lipinski definition) is 4. The number of fused-ring (bicyclic) bond motifs is 1. The van der Waals surface area contributed by atoms with Crippen LogP contribution in [-0.4, -0.2) is 19.8 Å². The first-order valence-corrected chi connectivity index (χ1v) is 5.71. The topological polar surface area (TPSA) is 30.2 Å². The molecule has 7 heteroatoms. The third-order valence-electron chi connectivity index (χ3n) is 1.17.